The van der Waals surface area contributed by atoms with Crippen molar-refractivity contribution in [2.75, 3.05) is 18.5 Å². The Hall–Kier alpha value is -2.44. The Bertz CT molecular complexity index is 643. The van der Waals surface area contributed by atoms with E-state index in [-0.39, 0.29) is 29.6 Å². The molecule has 0 spiro atoms. The molecule has 6 nitrogen and oxygen atoms in total. The van der Waals surface area contributed by atoms with Crippen molar-refractivity contribution >= 4 is 11.8 Å². The Balaban J connectivity index is 2.09. The highest BCUT2D eigenvalue weighted by Gasteiger charge is 2.18. The van der Waals surface area contributed by atoms with Crippen molar-refractivity contribution < 1.29 is 18.4 Å². The number of rotatable bonds is 8. The van der Waals surface area contributed by atoms with Crippen LogP contribution in [0.25, 0.3) is 0 Å². The summed E-state index contributed by atoms with van der Waals surface area (Å²) >= 11 is 0. The van der Waals surface area contributed by atoms with Crippen LogP contribution < -0.4 is 10.1 Å². The van der Waals surface area contributed by atoms with Gasteiger partial charge in [-0.05, 0) is 25.5 Å². The summed E-state index contributed by atoms with van der Waals surface area (Å²) in [6.45, 7) is 4.77. The largest absolute Gasteiger partial charge is 0.491 e. The molecule has 1 aromatic heterocycles. The zero-order chi connectivity index (χ0) is 15.9. The molecular formula is C15H18FN3O3. The molecule has 1 N–H and O–H groups in total. The van der Waals surface area contributed by atoms with E-state index in [9.17, 15) is 9.18 Å². The fraction of sp³-hybridized carbons (Fsp3) is 0.400. The lowest BCUT2D eigenvalue weighted by molar-refractivity contribution is 0.0985. The van der Waals surface area contributed by atoms with Gasteiger partial charge in [0.2, 0.25) is 0 Å². The summed E-state index contributed by atoms with van der Waals surface area (Å²) in [6.07, 6.45) is 0.774. The smallest absolute Gasteiger partial charge is 0.321 e. The number of hydrogen-bond donors (Lipinski definition) is 1. The maximum Gasteiger partial charge on any atom is 0.321 e. The number of ether oxygens (including phenoxy) is 1. The minimum Gasteiger partial charge on any atom is -0.491 e. The third-order valence-electron chi connectivity index (χ3n) is 2.88. The zero-order valence-electron chi connectivity index (χ0n) is 12.6. The highest BCUT2D eigenvalue weighted by molar-refractivity contribution is 5.97. The van der Waals surface area contributed by atoms with Crippen LogP contribution in [0.2, 0.25) is 0 Å². The molecule has 22 heavy (non-hydrogen) atoms. The summed E-state index contributed by atoms with van der Waals surface area (Å²) in [7, 11) is 0. The van der Waals surface area contributed by atoms with E-state index in [1.54, 1.807) is 13.0 Å². The van der Waals surface area contributed by atoms with E-state index >= 15 is 0 Å². The number of nitrogens with zero attached hydrogens (tertiary/aromatic N) is 2. The van der Waals surface area contributed by atoms with Crippen molar-refractivity contribution in [3.63, 3.8) is 0 Å². The number of anilines is 1. The third-order valence-corrected chi connectivity index (χ3v) is 2.88. The fourth-order valence-electron chi connectivity index (χ4n) is 1.86. The topological polar surface area (TPSA) is 77.2 Å². The zero-order valence-corrected chi connectivity index (χ0v) is 12.6. The lowest BCUT2D eigenvalue weighted by atomic mass is 10.1. The maximum atomic E-state index is 14.2. The van der Waals surface area contributed by atoms with E-state index < -0.39 is 11.6 Å². The van der Waals surface area contributed by atoms with Crippen molar-refractivity contribution in [1.29, 1.82) is 0 Å². The second-order valence-corrected chi connectivity index (χ2v) is 4.59. The molecule has 118 valence electrons. The lowest BCUT2D eigenvalue weighted by Gasteiger charge is -2.07. The number of aromatic nitrogens is 2. The Morgan fingerprint density at radius 1 is 1.41 bits per heavy atom. The van der Waals surface area contributed by atoms with Gasteiger partial charge in [0, 0.05) is 6.54 Å². The summed E-state index contributed by atoms with van der Waals surface area (Å²) < 4.78 is 24.3. The van der Waals surface area contributed by atoms with Gasteiger partial charge < -0.3 is 14.6 Å². The SMILES string of the molecule is CCCNc1nc(CC(=O)c2cccc(OCC)c2F)no1. The number of carbonyl (C=O) groups is 1. The van der Waals surface area contributed by atoms with Crippen LogP contribution in [0.3, 0.4) is 0 Å². The second-order valence-electron chi connectivity index (χ2n) is 4.59. The van der Waals surface area contributed by atoms with Gasteiger partial charge in [0.05, 0.1) is 18.6 Å². The summed E-state index contributed by atoms with van der Waals surface area (Å²) in [5.74, 6) is -0.819. The number of ketones is 1. The Kier molecular flexibility index (Phi) is 5.46. The molecule has 1 heterocycles. The monoisotopic (exact) mass is 307 g/mol. The molecule has 0 unspecified atom stereocenters. The lowest BCUT2D eigenvalue weighted by Crippen LogP contribution is -2.09. The first kappa shape index (κ1) is 15.9. The van der Waals surface area contributed by atoms with Crippen LogP contribution in [0.4, 0.5) is 10.4 Å². The number of halogens is 1. The molecule has 0 aliphatic rings. The summed E-state index contributed by atoms with van der Waals surface area (Å²) in [5.41, 5.74) is -0.0428. The third kappa shape index (κ3) is 3.81. The Morgan fingerprint density at radius 3 is 2.95 bits per heavy atom. The standard InChI is InChI=1S/C15H18FN3O3/c1-3-8-17-15-18-13(19-22-15)9-11(20)10-6-5-7-12(14(10)16)21-4-2/h5-7H,3-4,8-9H2,1-2H3,(H,17,18,19). The van der Waals surface area contributed by atoms with Gasteiger partial charge in [0.25, 0.3) is 0 Å². The van der Waals surface area contributed by atoms with Crippen molar-refractivity contribution in [1.82, 2.24) is 10.1 Å². The van der Waals surface area contributed by atoms with E-state index in [1.165, 1.54) is 12.1 Å². The van der Waals surface area contributed by atoms with Crippen LogP contribution in [0.5, 0.6) is 5.75 Å². The number of Topliss-reactive ketones (excluding diaryl/α,β-unsaturated/α-hetero) is 1. The first-order valence-corrected chi connectivity index (χ1v) is 7.16. The number of carbonyl (C=O) groups excluding carboxylic acids is 1. The molecule has 7 heteroatoms. The van der Waals surface area contributed by atoms with Crippen LogP contribution in [0, 0.1) is 5.82 Å². The summed E-state index contributed by atoms with van der Waals surface area (Å²) in [5, 5.41) is 6.62. The summed E-state index contributed by atoms with van der Waals surface area (Å²) in [6, 6.07) is 4.73. The van der Waals surface area contributed by atoms with Crippen LogP contribution in [0.1, 0.15) is 36.5 Å². The first-order valence-electron chi connectivity index (χ1n) is 7.16. The van der Waals surface area contributed by atoms with Gasteiger partial charge in [-0.15, -0.1) is 0 Å². The van der Waals surface area contributed by atoms with Crippen LogP contribution in [-0.2, 0) is 6.42 Å². The molecule has 0 saturated heterocycles. The number of hydrogen-bond acceptors (Lipinski definition) is 6. The van der Waals surface area contributed by atoms with Gasteiger partial charge in [0.1, 0.15) is 0 Å². The minimum atomic E-state index is -0.665. The predicted octanol–water partition coefficient (Wildman–Crippen LogP) is 2.85. The molecule has 0 aliphatic carbocycles. The maximum absolute atomic E-state index is 14.2. The number of benzene rings is 1. The van der Waals surface area contributed by atoms with Gasteiger partial charge in [-0.1, -0.05) is 18.1 Å². The van der Waals surface area contributed by atoms with E-state index in [0.29, 0.717) is 13.2 Å². The average molecular weight is 307 g/mol. The van der Waals surface area contributed by atoms with Gasteiger partial charge >= 0.3 is 6.01 Å². The van der Waals surface area contributed by atoms with Gasteiger partial charge in [-0.2, -0.15) is 4.98 Å². The molecule has 2 rings (SSSR count). The Morgan fingerprint density at radius 2 is 2.23 bits per heavy atom. The molecular weight excluding hydrogens is 289 g/mol. The Labute approximate surface area is 127 Å². The highest BCUT2D eigenvalue weighted by atomic mass is 19.1. The molecule has 0 atom stereocenters. The highest BCUT2D eigenvalue weighted by Crippen LogP contribution is 2.21. The van der Waals surface area contributed by atoms with E-state index in [1.807, 2.05) is 6.92 Å². The van der Waals surface area contributed by atoms with E-state index in [4.69, 9.17) is 9.26 Å². The van der Waals surface area contributed by atoms with Crippen molar-refractivity contribution in [2.45, 2.75) is 26.7 Å². The second kappa shape index (κ2) is 7.53. The molecule has 0 radical (unpaired) electrons. The minimum absolute atomic E-state index is 0.0428. The predicted molar refractivity (Wildman–Crippen MR) is 78.7 cm³/mol. The average Bonchev–Trinajstić information content (AvgIpc) is 2.95. The molecule has 0 fully saturated rings. The number of nitrogens with one attached hydrogen (secondary N) is 1. The van der Waals surface area contributed by atoms with Gasteiger partial charge in [0.15, 0.2) is 23.2 Å². The molecule has 0 amide bonds. The normalized spacial score (nSPS) is 10.5. The molecule has 2 aromatic rings. The van der Waals surface area contributed by atoms with E-state index in [2.05, 4.69) is 15.5 Å². The quantitative estimate of drug-likeness (QED) is 0.756. The van der Waals surface area contributed by atoms with E-state index in [0.717, 1.165) is 6.42 Å². The fourth-order valence-corrected chi connectivity index (χ4v) is 1.86. The molecule has 1 aromatic carbocycles. The molecule has 0 bridgehead atoms. The van der Waals surface area contributed by atoms with Crippen molar-refractivity contribution in [2.24, 2.45) is 0 Å². The molecule has 0 aliphatic heterocycles. The van der Waals surface area contributed by atoms with Crippen molar-refractivity contribution in [3.8, 4) is 5.75 Å². The van der Waals surface area contributed by atoms with Gasteiger partial charge in [-0.3, -0.25) is 4.79 Å². The van der Waals surface area contributed by atoms with Crippen molar-refractivity contribution in [3.05, 3.63) is 35.4 Å². The molecule has 0 saturated carbocycles. The van der Waals surface area contributed by atoms with Crippen LogP contribution in [-0.4, -0.2) is 29.1 Å². The summed E-state index contributed by atoms with van der Waals surface area (Å²) in [4.78, 5) is 16.2. The first-order chi connectivity index (χ1) is 10.7. The van der Waals surface area contributed by atoms with Crippen LogP contribution >= 0.6 is 0 Å². The van der Waals surface area contributed by atoms with Crippen LogP contribution in [0.15, 0.2) is 22.7 Å². The van der Waals surface area contributed by atoms with Gasteiger partial charge in [-0.25, -0.2) is 4.39 Å².